The summed E-state index contributed by atoms with van der Waals surface area (Å²) in [4.78, 5) is 17.3. The summed E-state index contributed by atoms with van der Waals surface area (Å²) in [5.74, 6) is 0.690. The summed E-state index contributed by atoms with van der Waals surface area (Å²) in [6.45, 7) is 6.26. The van der Waals surface area contributed by atoms with Crippen LogP contribution in [0.3, 0.4) is 0 Å². The maximum atomic E-state index is 6.25. The van der Waals surface area contributed by atoms with Gasteiger partial charge in [-0.15, -0.1) is 0 Å². The Hall–Kier alpha value is -2.52. The molecule has 160 valence electrons. The van der Waals surface area contributed by atoms with Gasteiger partial charge in [0.05, 0.1) is 24.3 Å². The van der Waals surface area contributed by atoms with E-state index in [4.69, 9.17) is 20.4 Å². The largest absolute Gasteiger partial charge is 0.379 e. The standard InChI is InChI=1S/C23H26N6OS/c1-22(2,24)16-6-7-26-19(8-16)15-10-27-21(28-11-15)29-12-23(13-30-14-23)18-5-4-17(31-25-3)9-20(18)29/h4-11,25H,12-14,24H2,1-3H3. The number of hydrogen-bond acceptors (Lipinski definition) is 8. The third kappa shape index (κ3) is 3.59. The smallest absolute Gasteiger partial charge is 0.229 e. The van der Waals surface area contributed by atoms with E-state index in [2.05, 4.69) is 32.8 Å². The second kappa shape index (κ2) is 7.56. The lowest BCUT2D eigenvalue weighted by molar-refractivity contribution is -0.0507. The van der Waals surface area contributed by atoms with Gasteiger partial charge in [0.15, 0.2) is 0 Å². The Morgan fingerprint density at radius 3 is 2.55 bits per heavy atom. The minimum absolute atomic E-state index is 0.0306. The molecule has 0 atom stereocenters. The molecular formula is C23H26N6OS. The molecule has 1 fully saturated rings. The lowest BCUT2D eigenvalue weighted by Gasteiger charge is -2.38. The molecule has 0 bridgehead atoms. The molecule has 0 unspecified atom stereocenters. The Labute approximate surface area is 186 Å². The first-order valence-electron chi connectivity index (χ1n) is 10.3. The van der Waals surface area contributed by atoms with E-state index in [1.165, 1.54) is 5.56 Å². The molecule has 4 heterocycles. The molecule has 0 saturated carbocycles. The fourth-order valence-electron chi connectivity index (χ4n) is 4.19. The molecule has 2 aliphatic rings. The number of nitrogens with one attached hydrogen (secondary N) is 1. The highest BCUT2D eigenvalue weighted by atomic mass is 32.2. The number of pyridine rings is 1. The van der Waals surface area contributed by atoms with Crippen molar-refractivity contribution in [3.05, 3.63) is 60.0 Å². The molecule has 0 aliphatic carbocycles. The van der Waals surface area contributed by atoms with Gasteiger partial charge in [-0.25, -0.2) is 9.97 Å². The summed E-state index contributed by atoms with van der Waals surface area (Å²) in [7, 11) is 1.92. The SMILES string of the molecule is CNSc1ccc2c(c1)N(c1ncc(-c3cc(C(C)(C)N)ccn3)cn1)CC21COC1. The molecule has 31 heavy (non-hydrogen) atoms. The fraction of sp³-hybridized carbons (Fsp3) is 0.348. The number of fused-ring (bicyclic) bond motifs is 2. The van der Waals surface area contributed by atoms with Crippen LogP contribution in [0, 0.1) is 0 Å². The van der Waals surface area contributed by atoms with Crippen molar-refractivity contribution in [2.75, 3.05) is 31.7 Å². The van der Waals surface area contributed by atoms with Crippen LogP contribution in [-0.4, -0.2) is 41.8 Å². The quantitative estimate of drug-likeness (QED) is 0.591. The van der Waals surface area contributed by atoms with Gasteiger partial charge >= 0.3 is 0 Å². The zero-order valence-corrected chi connectivity index (χ0v) is 18.7. The molecule has 1 aromatic carbocycles. The van der Waals surface area contributed by atoms with E-state index < -0.39 is 5.54 Å². The van der Waals surface area contributed by atoms with Crippen molar-refractivity contribution in [3.8, 4) is 11.3 Å². The first-order chi connectivity index (χ1) is 14.9. The highest BCUT2D eigenvalue weighted by Gasteiger charge is 2.49. The number of benzene rings is 1. The molecule has 1 saturated heterocycles. The molecule has 0 amide bonds. The predicted octanol–water partition coefficient (Wildman–Crippen LogP) is 3.38. The van der Waals surface area contributed by atoms with Gasteiger partial charge in [-0.1, -0.05) is 6.07 Å². The van der Waals surface area contributed by atoms with Gasteiger partial charge < -0.3 is 15.4 Å². The third-order valence-corrected chi connectivity index (χ3v) is 6.64. The van der Waals surface area contributed by atoms with Gasteiger partial charge in [-0.05, 0) is 68.2 Å². The Morgan fingerprint density at radius 1 is 1.13 bits per heavy atom. The number of nitrogens with two attached hydrogens (primary N) is 1. The van der Waals surface area contributed by atoms with Crippen LogP contribution >= 0.6 is 11.9 Å². The van der Waals surface area contributed by atoms with Crippen molar-refractivity contribution in [1.82, 2.24) is 19.7 Å². The van der Waals surface area contributed by atoms with Crippen LogP contribution in [0.1, 0.15) is 25.0 Å². The molecule has 0 radical (unpaired) electrons. The van der Waals surface area contributed by atoms with Crippen LogP contribution in [0.5, 0.6) is 0 Å². The monoisotopic (exact) mass is 434 g/mol. The van der Waals surface area contributed by atoms with Crippen LogP contribution in [-0.2, 0) is 15.7 Å². The van der Waals surface area contributed by atoms with Gasteiger partial charge in [0.1, 0.15) is 0 Å². The summed E-state index contributed by atoms with van der Waals surface area (Å²) < 4.78 is 8.74. The van der Waals surface area contributed by atoms with Gasteiger partial charge in [-0.3, -0.25) is 9.71 Å². The second-order valence-corrected chi connectivity index (χ2v) is 9.85. The van der Waals surface area contributed by atoms with Crippen molar-refractivity contribution in [1.29, 1.82) is 0 Å². The zero-order valence-electron chi connectivity index (χ0n) is 17.9. The van der Waals surface area contributed by atoms with Crippen LogP contribution in [0.25, 0.3) is 11.3 Å². The molecule has 2 aromatic heterocycles. The molecule has 3 aromatic rings. The Balaban J connectivity index is 1.48. The van der Waals surface area contributed by atoms with Gasteiger partial charge in [0, 0.05) is 46.8 Å². The second-order valence-electron chi connectivity index (χ2n) is 8.77. The molecule has 2 aliphatic heterocycles. The molecule has 7 nitrogen and oxygen atoms in total. The first-order valence-corrected chi connectivity index (χ1v) is 11.1. The zero-order chi connectivity index (χ0) is 21.6. The van der Waals surface area contributed by atoms with Crippen LogP contribution in [0.4, 0.5) is 11.6 Å². The summed E-state index contributed by atoms with van der Waals surface area (Å²) in [6, 6.07) is 10.5. The normalized spacial score (nSPS) is 17.0. The van der Waals surface area contributed by atoms with E-state index in [1.54, 1.807) is 18.1 Å². The third-order valence-electron chi connectivity index (χ3n) is 5.95. The van der Waals surface area contributed by atoms with E-state index in [1.807, 2.05) is 45.4 Å². The number of ether oxygens (including phenoxy) is 1. The van der Waals surface area contributed by atoms with Crippen molar-refractivity contribution in [2.45, 2.75) is 29.7 Å². The highest BCUT2D eigenvalue weighted by Crippen LogP contribution is 2.48. The lowest BCUT2D eigenvalue weighted by Crippen LogP contribution is -2.49. The molecule has 1 spiro atoms. The summed E-state index contributed by atoms with van der Waals surface area (Å²) >= 11 is 1.60. The van der Waals surface area contributed by atoms with Crippen molar-refractivity contribution in [2.24, 2.45) is 5.73 Å². The lowest BCUT2D eigenvalue weighted by atomic mass is 9.81. The summed E-state index contributed by atoms with van der Waals surface area (Å²) in [5, 5.41) is 0. The van der Waals surface area contributed by atoms with Crippen molar-refractivity contribution < 1.29 is 4.74 Å². The Kier molecular flexibility index (Phi) is 4.97. The van der Waals surface area contributed by atoms with E-state index in [-0.39, 0.29) is 5.41 Å². The average Bonchev–Trinajstić information content (AvgIpc) is 3.09. The van der Waals surface area contributed by atoms with E-state index in [0.29, 0.717) is 5.95 Å². The maximum absolute atomic E-state index is 6.25. The topological polar surface area (TPSA) is 89.2 Å². The average molecular weight is 435 g/mol. The number of nitrogens with zero attached hydrogens (tertiary/aromatic N) is 4. The van der Waals surface area contributed by atoms with Crippen LogP contribution < -0.4 is 15.4 Å². The Morgan fingerprint density at radius 2 is 1.90 bits per heavy atom. The summed E-state index contributed by atoms with van der Waals surface area (Å²) in [5.41, 5.74) is 11.0. The van der Waals surface area contributed by atoms with Gasteiger partial charge in [0.2, 0.25) is 5.95 Å². The highest BCUT2D eigenvalue weighted by molar-refractivity contribution is 7.97. The number of hydrogen-bond donors (Lipinski definition) is 2. The van der Waals surface area contributed by atoms with Crippen molar-refractivity contribution in [3.63, 3.8) is 0 Å². The minimum Gasteiger partial charge on any atom is -0.379 e. The fourth-order valence-corrected chi connectivity index (χ4v) is 4.74. The number of aromatic nitrogens is 3. The van der Waals surface area contributed by atoms with E-state index in [9.17, 15) is 0 Å². The minimum atomic E-state index is -0.431. The first kappa shape index (κ1) is 20.4. The molecule has 5 rings (SSSR count). The predicted molar refractivity (Wildman–Crippen MR) is 123 cm³/mol. The van der Waals surface area contributed by atoms with Gasteiger partial charge in [0.25, 0.3) is 0 Å². The maximum Gasteiger partial charge on any atom is 0.229 e. The van der Waals surface area contributed by atoms with E-state index in [0.717, 1.165) is 47.2 Å². The Bertz CT molecular complexity index is 1110. The summed E-state index contributed by atoms with van der Waals surface area (Å²) in [6.07, 6.45) is 5.46. The molecular weight excluding hydrogens is 408 g/mol. The van der Waals surface area contributed by atoms with Gasteiger partial charge in [-0.2, -0.15) is 0 Å². The number of rotatable bonds is 5. The van der Waals surface area contributed by atoms with Crippen LogP contribution in [0.15, 0.2) is 53.8 Å². The molecule has 8 heteroatoms. The van der Waals surface area contributed by atoms with Crippen molar-refractivity contribution >= 4 is 23.6 Å². The number of anilines is 2. The molecule has 3 N–H and O–H groups in total. The van der Waals surface area contributed by atoms with Crippen LogP contribution in [0.2, 0.25) is 0 Å². The van der Waals surface area contributed by atoms with E-state index >= 15 is 0 Å².